The van der Waals surface area contributed by atoms with Gasteiger partial charge in [-0.25, -0.2) is 0 Å². The number of ether oxygens (including phenoxy) is 1. The Morgan fingerprint density at radius 2 is 2.06 bits per heavy atom. The zero-order chi connectivity index (χ0) is 13.1. The lowest BCUT2D eigenvalue weighted by Gasteiger charge is -2.21. The van der Waals surface area contributed by atoms with Crippen LogP contribution in [0.15, 0.2) is 0 Å². The number of nitrogens with one attached hydrogen (secondary N) is 2. The van der Waals surface area contributed by atoms with Crippen LogP contribution in [0.1, 0.15) is 27.2 Å². The summed E-state index contributed by atoms with van der Waals surface area (Å²) < 4.78 is 5.04. The minimum absolute atomic E-state index is 0.248. The summed E-state index contributed by atoms with van der Waals surface area (Å²) >= 11 is 5.20. The van der Waals surface area contributed by atoms with Crippen molar-refractivity contribution in [3.63, 3.8) is 0 Å². The molecule has 0 aliphatic carbocycles. The van der Waals surface area contributed by atoms with E-state index in [0.29, 0.717) is 11.7 Å². The first-order valence-electron chi connectivity index (χ1n) is 6.39. The summed E-state index contributed by atoms with van der Waals surface area (Å²) in [6.07, 6.45) is 1.20. The van der Waals surface area contributed by atoms with Crippen LogP contribution in [0, 0.1) is 0 Å². The average Bonchev–Trinajstić information content (AvgIpc) is 2.28. The van der Waals surface area contributed by atoms with Gasteiger partial charge in [0.2, 0.25) is 0 Å². The Hall–Kier alpha value is -0.390. The molecule has 0 aliphatic rings. The number of hydrogen-bond donors (Lipinski definition) is 2. The van der Waals surface area contributed by atoms with E-state index in [4.69, 9.17) is 17.0 Å². The van der Waals surface area contributed by atoms with Gasteiger partial charge in [-0.15, -0.1) is 0 Å². The Morgan fingerprint density at radius 1 is 1.35 bits per heavy atom. The second kappa shape index (κ2) is 10.7. The predicted octanol–water partition coefficient (Wildman–Crippen LogP) is 1.22. The van der Waals surface area contributed by atoms with E-state index in [1.807, 2.05) is 6.92 Å². The van der Waals surface area contributed by atoms with Crippen molar-refractivity contribution < 1.29 is 4.74 Å². The summed E-state index contributed by atoms with van der Waals surface area (Å²) in [5.41, 5.74) is 0. The minimum atomic E-state index is 0.248. The number of likely N-dealkylation sites (N-methyl/N-ethyl adjacent to an activating group) is 1. The molecule has 102 valence electrons. The Kier molecular flexibility index (Phi) is 10.5. The first-order valence-corrected chi connectivity index (χ1v) is 6.80. The van der Waals surface area contributed by atoms with Gasteiger partial charge in [0.15, 0.2) is 5.11 Å². The smallest absolute Gasteiger partial charge is 0.166 e. The number of thiocarbonyl (C=S) groups is 1. The summed E-state index contributed by atoms with van der Waals surface area (Å²) in [7, 11) is 1.69. The number of hydrogen-bond acceptors (Lipinski definition) is 3. The van der Waals surface area contributed by atoms with Crippen LogP contribution in [0.4, 0.5) is 0 Å². The van der Waals surface area contributed by atoms with Crippen molar-refractivity contribution >= 4 is 17.3 Å². The molecule has 0 aromatic carbocycles. The highest BCUT2D eigenvalue weighted by Crippen LogP contribution is 1.89. The standard InChI is InChI=1S/C12H27N3OS/c1-5-8-15(6-2)9-7-13-12(17)14-11(3)10-16-4/h11H,5-10H2,1-4H3,(H2,13,14,17). The largest absolute Gasteiger partial charge is 0.383 e. The first kappa shape index (κ1) is 16.6. The fourth-order valence-corrected chi connectivity index (χ4v) is 1.94. The van der Waals surface area contributed by atoms with Gasteiger partial charge in [0, 0.05) is 26.2 Å². The van der Waals surface area contributed by atoms with Crippen LogP contribution in [-0.2, 0) is 4.74 Å². The molecule has 2 N–H and O–H groups in total. The Labute approximate surface area is 111 Å². The molecule has 0 radical (unpaired) electrons. The van der Waals surface area contributed by atoms with Gasteiger partial charge in [-0.2, -0.15) is 0 Å². The fourth-order valence-electron chi connectivity index (χ4n) is 1.64. The quantitative estimate of drug-likeness (QED) is 0.610. The van der Waals surface area contributed by atoms with Crippen molar-refractivity contribution in [2.75, 3.05) is 39.9 Å². The van der Waals surface area contributed by atoms with Gasteiger partial charge in [0.1, 0.15) is 0 Å². The van der Waals surface area contributed by atoms with E-state index in [-0.39, 0.29) is 6.04 Å². The maximum atomic E-state index is 5.20. The zero-order valence-electron chi connectivity index (χ0n) is 11.6. The molecule has 0 fully saturated rings. The summed E-state index contributed by atoms with van der Waals surface area (Å²) in [4.78, 5) is 2.41. The number of nitrogens with zero attached hydrogens (tertiary/aromatic N) is 1. The zero-order valence-corrected chi connectivity index (χ0v) is 12.4. The number of rotatable bonds is 9. The maximum Gasteiger partial charge on any atom is 0.166 e. The molecule has 0 saturated carbocycles. The van der Waals surface area contributed by atoms with Crippen molar-refractivity contribution in [1.29, 1.82) is 0 Å². The highest BCUT2D eigenvalue weighted by atomic mass is 32.1. The molecule has 1 unspecified atom stereocenters. The molecule has 0 rings (SSSR count). The van der Waals surface area contributed by atoms with Gasteiger partial charge in [0.25, 0.3) is 0 Å². The van der Waals surface area contributed by atoms with Crippen molar-refractivity contribution in [1.82, 2.24) is 15.5 Å². The molecule has 5 heteroatoms. The normalized spacial score (nSPS) is 12.5. The van der Waals surface area contributed by atoms with Gasteiger partial charge in [0.05, 0.1) is 6.61 Å². The van der Waals surface area contributed by atoms with Gasteiger partial charge in [-0.1, -0.05) is 13.8 Å². The van der Waals surface area contributed by atoms with Crippen LogP contribution >= 0.6 is 12.2 Å². The van der Waals surface area contributed by atoms with Crippen molar-refractivity contribution in [2.45, 2.75) is 33.2 Å². The van der Waals surface area contributed by atoms with Crippen molar-refractivity contribution in [2.24, 2.45) is 0 Å². The third-order valence-corrected chi connectivity index (χ3v) is 2.76. The van der Waals surface area contributed by atoms with E-state index in [9.17, 15) is 0 Å². The summed E-state index contributed by atoms with van der Waals surface area (Å²) in [6, 6.07) is 0.248. The first-order chi connectivity index (χ1) is 8.13. The van der Waals surface area contributed by atoms with Gasteiger partial charge < -0.3 is 20.3 Å². The third kappa shape index (κ3) is 9.32. The minimum Gasteiger partial charge on any atom is -0.383 e. The highest BCUT2D eigenvalue weighted by molar-refractivity contribution is 7.80. The van der Waals surface area contributed by atoms with E-state index in [1.54, 1.807) is 7.11 Å². The molecule has 0 aromatic rings. The molecular formula is C12H27N3OS. The second-order valence-electron chi connectivity index (χ2n) is 4.19. The van der Waals surface area contributed by atoms with Gasteiger partial charge in [-0.3, -0.25) is 0 Å². The Balaban J connectivity index is 3.62. The molecule has 4 nitrogen and oxygen atoms in total. The third-order valence-electron chi connectivity index (χ3n) is 2.49. The average molecular weight is 261 g/mol. The van der Waals surface area contributed by atoms with Crippen LogP contribution in [0.3, 0.4) is 0 Å². The predicted molar refractivity (Wildman–Crippen MR) is 77.5 cm³/mol. The van der Waals surface area contributed by atoms with Crippen molar-refractivity contribution in [3.8, 4) is 0 Å². The molecule has 0 aliphatic heterocycles. The van der Waals surface area contributed by atoms with Crippen molar-refractivity contribution in [3.05, 3.63) is 0 Å². The lowest BCUT2D eigenvalue weighted by atomic mass is 10.4. The maximum absolute atomic E-state index is 5.20. The summed E-state index contributed by atoms with van der Waals surface area (Å²) in [6.45, 7) is 11.3. The highest BCUT2D eigenvalue weighted by Gasteiger charge is 2.04. The molecular weight excluding hydrogens is 234 g/mol. The summed E-state index contributed by atoms with van der Waals surface area (Å²) in [5, 5.41) is 7.11. The number of methoxy groups -OCH3 is 1. The molecule has 17 heavy (non-hydrogen) atoms. The Bertz CT molecular complexity index is 202. The van der Waals surface area contributed by atoms with Gasteiger partial charge in [-0.05, 0) is 38.7 Å². The van der Waals surface area contributed by atoms with E-state index in [1.165, 1.54) is 6.42 Å². The van der Waals surface area contributed by atoms with Gasteiger partial charge >= 0.3 is 0 Å². The van der Waals surface area contributed by atoms with Crippen LogP contribution in [0.5, 0.6) is 0 Å². The molecule has 0 heterocycles. The van der Waals surface area contributed by atoms with Crippen LogP contribution in [0.2, 0.25) is 0 Å². The molecule has 0 spiro atoms. The van der Waals surface area contributed by atoms with Crippen LogP contribution < -0.4 is 10.6 Å². The lowest BCUT2D eigenvalue weighted by molar-refractivity contribution is 0.179. The molecule has 0 aromatic heterocycles. The molecule has 0 amide bonds. The van der Waals surface area contributed by atoms with E-state index < -0.39 is 0 Å². The SMILES string of the molecule is CCCN(CC)CCNC(=S)NC(C)COC. The lowest BCUT2D eigenvalue weighted by Crippen LogP contribution is -2.44. The van der Waals surface area contributed by atoms with E-state index >= 15 is 0 Å². The Morgan fingerprint density at radius 3 is 2.59 bits per heavy atom. The summed E-state index contributed by atoms with van der Waals surface area (Å²) in [5.74, 6) is 0. The molecule has 1 atom stereocenters. The second-order valence-corrected chi connectivity index (χ2v) is 4.60. The topological polar surface area (TPSA) is 36.5 Å². The van der Waals surface area contributed by atoms with Crippen LogP contribution in [-0.4, -0.2) is 55.9 Å². The van der Waals surface area contributed by atoms with Crippen LogP contribution in [0.25, 0.3) is 0 Å². The monoisotopic (exact) mass is 261 g/mol. The van der Waals surface area contributed by atoms with E-state index in [0.717, 1.165) is 26.2 Å². The fraction of sp³-hybridized carbons (Fsp3) is 0.917. The van der Waals surface area contributed by atoms with E-state index in [2.05, 4.69) is 29.4 Å². The molecule has 0 bridgehead atoms. The molecule has 0 saturated heterocycles.